The molecule has 1 aromatic carbocycles. The van der Waals surface area contributed by atoms with Crippen LogP contribution in [0.25, 0.3) is 17.1 Å². The highest BCUT2D eigenvalue weighted by Crippen LogP contribution is 2.40. The van der Waals surface area contributed by atoms with Crippen molar-refractivity contribution in [1.29, 1.82) is 0 Å². The highest BCUT2D eigenvalue weighted by Gasteiger charge is 2.31. The molecular formula is C18H15ClN8O. The lowest BCUT2D eigenvalue weighted by Crippen LogP contribution is -2.06. The van der Waals surface area contributed by atoms with Crippen LogP contribution < -0.4 is 4.74 Å². The third-order valence-corrected chi connectivity index (χ3v) is 4.57. The Kier molecular flexibility index (Phi) is 4.21. The molecule has 0 amide bonds. The van der Waals surface area contributed by atoms with Crippen LogP contribution in [-0.4, -0.2) is 40.0 Å². The van der Waals surface area contributed by atoms with E-state index >= 15 is 0 Å². The molecule has 1 aliphatic rings. The van der Waals surface area contributed by atoms with Crippen LogP contribution in [0, 0.1) is 0 Å². The Labute approximate surface area is 165 Å². The van der Waals surface area contributed by atoms with Gasteiger partial charge in [0.1, 0.15) is 0 Å². The van der Waals surface area contributed by atoms with Gasteiger partial charge in [0, 0.05) is 29.0 Å². The van der Waals surface area contributed by atoms with Crippen LogP contribution in [0.4, 0.5) is 0 Å². The molecule has 1 saturated carbocycles. The van der Waals surface area contributed by atoms with Gasteiger partial charge in [-0.2, -0.15) is 0 Å². The molecule has 4 aromatic rings. The average Bonchev–Trinajstić information content (AvgIpc) is 3.29. The van der Waals surface area contributed by atoms with E-state index in [1.54, 1.807) is 24.5 Å². The van der Waals surface area contributed by atoms with Gasteiger partial charge in [0.25, 0.3) is 0 Å². The van der Waals surface area contributed by atoms with Gasteiger partial charge >= 0.3 is 6.01 Å². The lowest BCUT2D eigenvalue weighted by molar-refractivity contribution is 0.257. The Balaban J connectivity index is 1.36. The Morgan fingerprint density at radius 2 is 1.93 bits per heavy atom. The summed E-state index contributed by atoms with van der Waals surface area (Å²) < 4.78 is 7.89. The second-order valence-corrected chi connectivity index (χ2v) is 6.84. The van der Waals surface area contributed by atoms with Gasteiger partial charge in [0.05, 0.1) is 5.69 Å². The molecular weight excluding hydrogens is 380 g/mol. The van der Waals surface area contributed by atoms with Gasteiger partial charge in [-0.3, -0.25) is 9.55 Å². The van der Waals surface area contributed by atoms with Gasteiger partial charge in [-0.15, -0.1) is 20.1 Å². The molecule has 0 N–H and O–H groups in total. The number of hydrogen-bond acceptors (Lipinski definition) is 7. The summed E-state index contributed by atoms with van der Waals surface area (Å²) in [7, 11) is 0. The third kappa shape index (κ3) is 3.31. The smallest absolute Gasteiger partial charge is 0.317 e. The largest absolute Gasteiger partial charge is 0.455 e. The second kappa shape index (κ2) is 7.01. The summed E-state index contributed by atoms with van der Waals surface area (Å²) in [4.78, 5) is 5.47. The van der Waals surface area contributed by atoms with Crippen LogP contribution in [0.3, 0.4) is 0 Å². The van der Waals surface area contributed by atoms with Crippen LogP contribution in [-0.2, 0) is 6.61 Å². The van der Waals surface area contributed by atoms with Gasteiger partial charge in [-0.05, 0) is 48.4 Å². The number of rotatable bonds is 6. The van der Waals surface area contributed by atoms with E-state index < -0.39 is 0 Å². The molecule has 10 heteroatoms. The number of aromatic nitrogens is 8. The number of benzene rings is 1. The first-order chi connectivity index (χ1) is 13.8. The first-order valence-electron chi connectivity index (χ1n) is 8.81. The minimum Gasteiger partial charge on any atom is -0.455 e. The highest BCUT2D eigenvalue weighted by molar-refractivity contribution is 6.30. The molecule has 3 heterocycles. The zero-order chi connectivity index (χ0) is 18.9. The third-order valence-electron chi connectivity index (χ3n) is 4.34. The predicted molar refractivity (Wildman–Crippen MR) is 100 cm³/mol. The molecule has 0 spiro atoms. The zero-order valence-electron chi connectivity index (χ0n) is 14.7. The van der Waals surface area contributed by atoms with Crippen molar-refractivity contribution in [2.75, 3.05) is 0 Å². The molecule has 0 radical (unpaired) electrons. The molecule has 5 rings (SSSR count). The van der Waals surface area contributed by atoms with Crippen molar-refractivity contribution in [3.05, 3.63) is 59.6 Å². The molecule has 3 aromatic heterocycles. The van der Waals surface area contributed by atoms with Crippen molar-refractivity contribution in [1.82, 2.24) is 40.0 Å². The fraction of sp³-hybridized carbons (Fsp3) is 0.222. The maximum Gasteiger partial charge on any atom is 0.317 e. The minimum atomic E-state index is 0.141. The summed E-state index contributed by atoms with van der Waals surface area (Å²) >= 11 is 6.01. The highest BCUT2D eigenvalue weighted by atomic mass is 35.5. The number of nitrogens with zero attached hydrogens (tertiary/aromatic N) is 8. The van der Waals surface area contributed by atoms with E-state index in [-0.39, 0.29) is 6.61 Å². The number of halogens is 1. The Morgan fingerprint density at radius 3 is 2.71 bits per heavy atom. The minimum absolute atomic E-state index is 0.141. The van der Waals surface area contributed by atoms with E-state index in [9.17, 15) is 0 Å². The Bertz CT molecular complexity index is 1110. The zero-order valence-corrected chi connectivity index (χ0v) is 15.4. The number of ether oxygens (including phenoxy) is 1. The SMILES string of the molecule is Clc1cccc(-n2nnc(COc3nnc(-c4ccncc4)n3C3CC3)n2)c1. The van der Waals surface area contributed by atoms with E-state index in [1.807, 2.05) is 28.8 Å². The summed E-state index contributed by atoms with van der Waals surface area (Å²) in [5.41, 5.74) is 1.68. The van der Waals surface area contributed by atoms with Gasteiger partial charge < -0.3 is 4.74 Å². The van der Waals surface area contributed by atoms with Crippen molar-refractivity contribution in [2.24, 2.45) is 0 Å². The molecule has 0 atom stereocenters. The van der Waals surface area contributed by atoms with Crippen LogP contribution in [0.5, 0.6) is 6.01 Å². The standard InChI is InChI=1S/C18H15ClN8O/c19-13-2-1-3-15(10-13)27-24-16(21-25-27)11-28-18-23-22-17(26(18)14-4-5-14)12-6-8-20-9-7-12/h1-3,6-10,14H,4-5,11H2. The van der Waals surface area contributed by atoms with Gasteiger partial charge in [-0.1, -0.05) is 22.8 Å². The second-order valence-electron chi connectivity index (χ2n) is 6.41. The van der Waals surface area contributed by atoms with E-state index in [1.165, 1.54) is 4.80 Å². The van der Waals surface area contributed by atoms with Crippen molar-refractivity contribution in [3.8, 4) is 23.1 Å². The molecule has 0 bridgehead atoms. The van der Waals surface area contributed by atoms with Crippen LogP contribution in [0.15, 0.2) is 48.8 Å². The van der Waals surface area contributed by atoms with Gasteiger partial charge in [0.15, 0.2) is 12.4 Å². The van der Waals surface area contributed by atoms with Crippen molar-refractivity contribution < 1.29 is 4.74 Å². The number of tetrazole rings is 1. The molecule has 1 aliphatic carbocycles. The van der Waals surface area contributed by atoms with Crippen molar-refractivity contribution in [2.45, 2.75) is 25.5 Å². The average molecular weight is 395 g/mol. The molecule has 0 unspecified atom stereocenters. The van der Waals surface area contributed by atoms with Crippen LogP contribution in [0.2, 0.25) is 5.02 Å². The molecule has 1 fully saturated rings. The van der Waals surface area contributed by atoms with E-state index in [4.69, 9.17) is 16.3 Å². The summed E-state index contributed by atoms with van der Waals surface area (Å²) in [5.74, 6) is 1.21. The van der Waals surface area contributed by atoms with Crippen LogP contribution in [0.1, 0.15) is 24.7 Å². The molecule has 28 heavy (non-hydrogen) atoms. The quantitative estimate of drug-likeness (QED) is 0.496. The van der Waals surface area contributed by atoms with E-state index in [0.717, 1.165) is 29.9 Å². The number of pyridine rings is 1. The molecule has 0 saturated heterocycles. The lowest BCUT2D eigenvalue weighted by atomic mass is 10.2. The first kappa shape index (κ1) is 16.8. The van der Waals surface area contributed by atoms with Gasteiger partial charge in [-0.25, -0.2) is 0 Å². The normalized spacial score (nSPS) is 13.6. The maximum atomic E-state index is 6.01. The summed E-state index contributed by atoms with van der Waals surface area (Å²) in [5, 5.41) is 21.6. The van der Waals surface area contributed by atoms with Gasteiger partial charge in [0.2, 0.25) is 5.82 Å². The topological polar surface area (TPSA) is 96.4 Å². The van der Waals surface area contributed by atoms with E-state index in [2.05, 4.69) is 30.6 Å². The van der Waals surface area contributed by atoms with Crippen molar-refractivity contribution >= 4 is 11.6 Å². The fourth-order valence-corrected chi connectivity index (χ4v) is 3.06. The summed E-state index contributed by atoms with van der Waals surface area (Å²) in [6.07, 6.45) is 5.63. The van der Waals surface area contributed by atoms with Crippen LogP contribution >= 0.6 is 11.6 Å². The van der Waals surface area contributed by atoms with E-state index in [0.29, 0.717) is 22.9 Å². The summed E-state index contributed by atoms with van der Waals surface area (Å²) in [6.45, 7) is 0.141. The predicted octanol–water partition coefficient (Wildman–Crippen LogP) is 2.88. The molecule has 0 aliphatic heterocycles. The Hall–Kier alpha value is -3.33. The first-order valence-corrected chi connectivity index (χ1v) is 9.19. The van der Waals surface area contributed by atoms with Crippen molar-refractivity contribution in [3.63, 3.8) is 0 Å². The number of hydrogen-bond donors (Lipinski definition) is 0. The maximum absolute atomic E-state index is 6.01. The monoisotopic (exact) mass is 394 g/mol. The summed E-state index contributed by atoms with van der Waals surface area (Å²) in [6, 6.07) is 11.8. The lowest BCUT2D eigenvalue weighted by Gasteiger charge is -2.08. The fourth-order valence-electron chi connectivity index (χ4n) is 2.88. The molecule has 140 valence electrons. The molecule has 9 nitrogen and oxygen atoms in total. The Morgan fingerprint density at radius 1 is 1.07 bits per heavy atom.